The summed E-state index contributed by atoms with van der Waals surface area (Å²) < 4.78 is 17.9. The van der Waals surface area contributed by atoms with E-state index in [0.29, 0.717) is 0 Å². The highest BCUT2D eigenvalue weighted by molar-refractivity contribution is 6.22. The van der Waals surface area contributed by atoms with Gasteiger partial charge in [-0.15, -0.1) is 0 Å². The molecule has 54 heavy (non-hydrogen) atoms. The van der Waals surface area contributed by atoms with Crippen molar-refractivity contribution in [2.75, 3.05) is 0 Å². The second-order valence-electron chi connectivity index (χ2n) is 14.0. The van der Waals surface area contributed by atoms with Crippen LogP contribution < -0.4 is 0 Å². The fourth-order valence-corrected chi connectivity index (χ4v) is 8.47. The van der Waals surface area contributed by atoms with Gasteiger partial charge in [-0.3, -0.25) is 4.57 Å². The van der Waals surface area contributed by atoms with E-state index in [2.05, 4.69) is 167 Å². The molecule has 0 unspecified atom stereocenters. The van der Waals surface area contributed by atoms with Gasteiger partial charge in [-0.2, -0.15) is 0 Å². The summed E-state index contributed by atoms with van der Waals surface area (Å²) in [6.07, 6.45) is 0. The van der Waals surface area contributed by atoms with E-state index in [9.17, 15) is 0 Å². The smallest absolute Gasteiger partial charge is 0.160 e. The number of imidazole rings is 1. The molecular formula is C49H29N3O2. The molecule has 0 saturated carbocycles. The Morgan fingerprint density at radius 1 is 0.370 bits per heavy atom. The molecule has 5 nitrogen and oxygen atoms in total. The highest BCUT2D eigenvalue weighted by Crippen LogP contribution is 2.43. The monoisotopic (exact) mass is 691 g/mol. The van der Waals surface area contributed by atoms with Crippen LogP contribution in [0.4, 0.5) is 0 Å². The topological polar surface area (TPSA) is 49.0 Å². The van der Waals surface area contributed by atoms with Crippen LogP contribution in [0.1, 0.15) is 0 Å². The Bertz CT molecular complexity index is 3440. The molecule has 0 fully saturated rings. The number of nitrogens with zero attached hydrogens (tertiary/aromatic N) is 3. The van der Waals surface area contributed by atoms with E-state index in [1.165, 1.54) is 10.9 Å². The summed E-state index contributed by atoms with van der Waals surface area (Å²) in [6.45, 7) is 0. The largest absolute Gasteiger partial charge is 0.456 e. The van der Waals surface area contributed by atoms with Gasteiger partial charge in [0.15, 0.2) is 5.58 Å². The van der Waals surface area contributed by atoms with Gasteiger partial charge in [0.2, 0.25) is 0 Å². The van der Waals surface area contributed by atoms with Gasteiger partial charge in [0.1, 0.15) is 22.6 Å². The summed E-state index contributed by atoms with van der Waals surface area (Å²) in [7, 11) is 0. The van der Waals surface area contributed by atoms with Crippen LogP contribution in [0.5, 0.6) is 0 Å². The average Bonchev–Trinajstić information content (AvgIpc) is 3.99. The third-order valence-corrected chi connectivity index (χ3v) is 10.9. The number of benzene rings is 8. The predicted molar refractivity (Wildman–Crippen MR) is 221 cm³/mol. The van der Waals surface area contributed by atoms with Crippen LogP contribution in [-0.2, 0) is 0 Å². The fraction of sp³-hybridized carbons (Fsp3) is 0. The first-order chi connectivity index (χ1) is 26.8. The van der Waals surface area contributed by atoms with E-state index in [1.54, 1.807) is 0 Å². The summed E-state index contributed by atoms with van der Waals surface area (Å²) in [5, 5.41) is 6.63. The quantitative estimate of drug-likeness (QED) is 0.185. The first kappa shape index (κ1) is 29.2. The minimum Gasteiger partial charge on any atom is -0.456 e. The van der Waals surface area contributed by atoms with Crippen molar-refractivity contribution in [3.8, 4) is 33.9 Å². The van der Waals surface area contributed by atoms with Crippen LogP contribution in [0.2, 0.25) is 0 Å². The molecule has 0 N–H and O–H groups in total. The highest BCUT2D eigenvalue weighted by Gasteiger charge is 2.22. The molecule has 0 spiro atoms. The van der Waals surface area contributed by atoms with Gasteiger partial charge in [0.05, 0.1) is 27.8 Å². The van der Waals surface area contributed by atoms with Crippen LogP contribution in [0, 0.1) is 0 Å². The third kappa shape index (κ3) is 4.18. The molecule has 0 amide bonds. The van der Waals surface area contributed by atoms with Gasteiger partial charge in [-0.1, -0.05) is 115 Å². The van der Waals surface area contributed by atoms with Crippen molar-refractivity contribution in [2.24, 2.45) is 0 Å². The zero-order chi connectivity index (χ0) is 35.3. The second-order valence-corrected chi connectivity index (χ2v) is 14.0. The normalized spacial score (nSPS) is 12.1. The predicted octanol–water partition coefficient (Wildman–Crippen LogP) is 13.3. The lowest BCUT2D eigenvalue weighted by atomic mass is 10.0. The van der Waals surface area contributed by atoms with Crippen LogP contribution >= 0.6 is 0 Å². The Morgan fingerprint density at radius 3 is 1.91 bits per heavy atom. The Kier molecular flexibility index (Phi) is 5.99. The number of fused-ring (bicyclic) bond motifs is 11. The van der Waals surface area contributed by atoms with E-state index in [0.717, 1.165) is 99.7 Å². The Morgan fingerprint density at radius 2 is 1.04 bits per heavy atom. The molecule has 0 aliphatic carbocycles. The van der Waals surface area contributed by atoms with Crippen LogP contribution in [0.3, 0.4) is 0 Å². The molecule has 12 aromatic rings. The molecule has 5 heteroatoms. The Labute approximate surface area is 308 Å². The van der Waals surface area contributed by atoms with Crippen molar-refractivity contribution in [1.82, 2.24) is 14.1 Å². The van der Waals surface area contributed by atoms with E-state index < -0.39 is 0 Å². The van der Waals surface area contributed by atoms with Crippen LogP contribution in [0.25, 0.3) is 111 Å². The van der Waals surface area contributed by atoms with Crippen LogP contribution in [-0.4, -0.2) is 14.1 Å². The fourth-order valence-electron chi connectivity index (χ4n) is 8.47. The number of hydrogen-bond donors (Lipinski definition) is 0. The van der Waals surface area contributed by atoms with Gasteiger partial charge in [-0.05, 0) is 59.7 Å². The van der Waals surface area contributed by atoms with E-state index in [4.69, 9.17) is 13.8 Å². The van der Waals surface area contributed by atoms with Gasteiger partial charge < -0.3 is 13.4 Å². The minimum absolute atomic E-state index is 0.803. The highest BCUT2D eigenvalue weighted by atomic mass is 16.3. The Hall–Kier alpha value is -7.37. The lowest BCUT2D eigenvalue weighted by Gasteiger charge is -2.12. The van der Waals surface area contributed by atoms with Crippen molar-refractivity contribution in [3.63, 3.8) is 0 Å². The molecule has 0 aliphatic rings. The molecule has 4 aromatic heterocycles. The van der Waals surface area contributed by atoms with Gasteiger partial charge in [0.25, 0.3) is 0 Å². The van der Waals surface area contributed by atoms with Gasteiger partial charge in [-0.25, -0.2) is 4.98 Å². The van der Waals surface area contributed by atoms with Crippen molar-refractivity contribution < 1.29 is 8.83 Å². The summed E-state index contributed by atoms with van der Waals surface area (Å²) >= 11 is 0. The maximum Gasteiger partial charge on any atom is 0.160 e. The number of hydrogen-bond acceptors (Lipinski definition) is 3. The van der Waals surface area contributed by atoms with Crippen molar-refractivity contribution in [2.45, 2.75) is 0 Å². The molecule has 0 radical (unpaired) electrons. The number of rotatable bonds is 4. The van der Waals surface area contributed by atoms with E-state index in [1.807, 2.05) is 18.2 Å². The van der Waals surface area contributed by atoms with Crippen molar-refractivity contribution >= 4 is 76.7 Å². The molecule has 8 aromatic carbocycles. The van der Waals surface area contributed by atoms with Gasteiger partial charge >= 0.3 is 0 Å². The molecule has 12 rings (SSSR count). The van der Waals surface area contributed by atoms with E-state index in [-0.39, 0.29) is 0 Å². The molecular weight excluding hydrogens is 663 g/mol. The average molecular weight is 692 g/mol. The lowest BCUT2D eigenvalue weighted by Crippen LogP contribution is -1.98. The summed E-state index contributed by atoms with van der Waals surface area (Å²) in [5.41, 5.74) is 12.9. The molecule has 0 aliphatic heterocycles. The molecule has 4 heterocycles. The summed E-state index contributed by atoms with van der Waals surface area (Å²) in [6, 6.07) is 61.8. The number of para-hydroxylation sites is 2. The SMILES string of the molecule is c1ccc(-c2cccc(-n3c(-c4ccccc4)nc4cc5oc6c(ccc7c8ccccc8n(-c8ccc9c(c8)oc8ccccc89)c76)c5cc43)c2)cc1. The second kappa shape index (κ2) is 11.1. The van der Waals surface area contributed by atoms with Crippen LogP contribution in [0.15, 0.2) is 185 Å². The molecule has 0 bridgehead atoms. The number of furan rings is 2. The lowest BCUT2D eigenvalue weighted by molar-refractivity contribution is 0.668. The summed E-state index contributed by atoms with van der Waals surface area (Å²) in [5.74, 6) is 0.885. The maximum atomic E-state index is 6.95. The minimum atomic E-state index is 0.803. The number of aromatic nitrogens is 3. The molecule has 252 valence electrons. The molecule has 0 saturated heterocycles. The molecule has 0 atom stereocenters. The Balaban J connectivity index is 1.13. The van der Waals surface area contributed by atoms with E-state index >= 15 is 0 Å². The first-order valence-electron chi connectivity index (χ1n) is 18.2. The van der Waals surface area contributed by atoms with Gasteiger partial charge in [0, 0.05) is 55.7 Å². The van der Waals surface area contributed by atoms with Crippen molar-refractivity contribution in [3.05, 3.63) is 176 Å². The first-order valence-corrected chi connectivity index (χ1v) is 18.2. The maximum absolute atomic E-state index is 6.95. The zero-order valence-corrected chi connectivity index (χ0v) is 28.9. The summed E-state index contributed by atoms with van der Waals surface area (Å²) in [4.78, 5) is 5.28. The third-order valence-electron chi connectivity index (χ3n) is 10.9. The standard InChI is InChI=1S/C49H29N3O2/c1-3-12-30(13-4-1)32-16-11-17-33(26-32)52-43-28-40-39-25-24-38-35-18-7-9-20-42(35)51(34-22-23-37-36-19-8-10-21-44(36)53-45(37)27-34)47(38)48(39)54-46(40)29-41(43)50-49(52)31-14-5-2-6-15-31/h1-29H. The van der Waals surface area contributed by atoms with Crippen molar-refractivity contribution in [1.29, 1.82) is 0 Å². The zero-order valence-electron chi connectivity index (χ0n) is 28.9.